The van der Waals surface area contributed by atoms with Gasteiger partial charge in [0.2, 0.25) is 20.9 Å². The lowest BCUT2D eigenvalue weighted by Gasteiger charge is -2.40. The first kappa shape index (κ1) is 19.8. The summed E-state index contributed by atoms with van der Waals surface area (Å²) in [6.07, 6.45) is 1.10. The van der Waals surface area contributed by atoms with Gasteiger partial charge in [0.25, 0.3) is 0 Å². The summed E-state index contributed by atoms with van der Waals surface area (Å²) in [5.74, 6) is -0.246. The first-order valence-corrected chi connectivity index (χ1v) is 10.8. The van der Waals surface area contributed by atoms with Gasteiger partial charge in [-0.25, -0.2) is 13.4 Å². The molecule has 0 radical (unpaired) electrons. The van der Waals surface area contributed by atoms with Gasteiger partial charge in [-0.2, -0.15) is 0 Å². The number of morpholine rings is 1. The molecular formula is C18H26N4O4S. The zero-order valence-electron chi connectivity index (χ0n) is 15.9. The number of carbonyl (C=O) groups excluding carboxylic acids is 1. The van der Waals surface area contributed by atoms with E-state index in [1.54, 1.807) is 24.3 Å². The van der Waals surface area contributed by atoms with Gasteiger partial charge >= 0.3 is 0 Å². The van der Waals surface area contributed by atoms with Gasteiger partial charge in [-0.15, -0.1) is 0 Å². The van der Waals surface area contributed by atoms with E-state index in [4.69, 9.17) is 4.74 Å². The van der Waals surface area contributed by atoms with Crippen LogP contribution in [0.3, 0.4) is 0 Å². The number of rotatable bonds is 6. The highest BCUT2D eigenvalue weighted by atomic mass is 32.2. The van der Waals surface area contributed by atoms with Gasteiger partial charge < -0.3 is 14.6 Å². The quantitative estimate of drug-likeness (QED) is 0.774. The van der Waals surface area contributed by atoms with E-state index >= 15 is 0 Å². The minimum absolute atomic E-state index is 0.0914. The van der Waals surface area contributed by atoms with Crippen LogP contribution in [-0.2, 0) is 25.9 Å². The fraction of sp³-hybridized carbons (Fsp3) is 0.556. The third kappa shape index (κ3) is 4.48. The smallest absolute Gasteiger partial charge is 0.240 e. The fourth-order valence-electron chi connectivity index (χ4n) is 3.28. The van der Waals surface area contributed by atoms with Crippen molar-refractivity contribution in [3.8, 4) is 0 Å². The summed E-state index contributed by atoms with van der Waals surface area (Å²) in [5, 5.41) is 2.85. The van der Waals surface area contributed by atoms with Crippen molar-refractivity contribution in [3.63, 3.8) is 0 Å². The minimum Gasteiger partial charge on any atom is -0.379 e. The Labute approximate surface area is 159 Å². The Balaban J connectivity index is 1.74. The number of nitrogens with one attached hydrogen (secondary N) is 1. The number of hydrogen-bond donors (Lipinski definition) is 1. The molecule has 1 N–H and O–H groups in total. The minimum atomic E-state index is -3.55. The topological polar surface area (TPSA) is 93.5 Å². The van der Waals surface area contributed by atoms with Crippen molar-refractivity contribution in [2.75, 3.05) is 39.1 Å². The van der Waals surface area contributed by atoms with E-state index in [0.29, 0.717) is 30.8 Å². The first-order chi connectivity index (χ1) is 12.7. The summed E-state index contributed by atoms with van der Waals surface area (Å²) >= 11 is 0. The zero-order valence-corrected chi connectivity index (χ0v) is 16.8. The lowest BCUT2D eigenvalue weighted by atomic mass is 10.0. The number of benzene rings is 1. The first-order valence-electron chi connectivity index (χ1n) is 8.93. The summed E-state index contributed by atoms with van der Waals surface area (Å²) < 4.78 is 31.0. The van der Waals surface area contributed by atoms with E-state index in [2.05, 4.69) is 29.0 Å². The Morgan fingerprint density at radius 3 is 2.59 bits per heavy atom. The number of sulfone groups is 1. The summed E-state index contributed by atoms with van der Waals surface area (Å²) in [4.78, 5) is 19.0. The number of para-hydroxylation sites is 2. The third-order valence-electron chi connectivity index (χ3n) is 4.84. The number of fused-ring (bicyclic) bond motifs is 1. The summed E-state index contributed by atoms with van der Waals surface area (Å²) in [7, 11) is -3.55. The molecule has 2 heterocycles. The van der Waals surface area contributed by atoms with Crippen LogP contribution in [0.25, 0.3) is 11.0 Å². The van der Waals surface area contributed by atoms with Crippen LogP contribution in [0.4, 0.5) is 0 Å². The molecule has 0 unspecified atom stereocenters. The van der Waals surface area contributed by atoms with Gasteiger partial charge in [0.05, 0.1) is 24.2 Å². The molecule has 1 amide bonds. The van der Waals surface area contributed by atoms with Crippen molar-refractivity contribution in [2.24, 2.45) is 0 Å². The van der Waals surface area contributed by atoms with Gasteiger partial charge in [0.1, 0.15) is 6.54 Å². The van der Waals surface area contributed by atoms with Gasteiger partial charge in [-0.1, -0.05) is 12.1 Å². The SMILES string of the molecule is CC(C)(CNC(=O)Cn1c(S(C)(=O)=O)nc2ccccc21)N1CCOCC1. The Hall–Kier alpha value is -1.97. The van der Waals surface area contributed by atoms with Crippen molar-refractivity contribution < 1.29 is 17.9 Å². The van der Waals surface area contributed by atoms with Crippen molar-refractivity contribution in [3.05, 3.63) is 24.3 Å². The molecular weight excluding hydrogens is 368 g/mol. The Morgan fingerprint density at radius 2 is 1.93 bits per heavy atom. The molecule has 1 fully saturated rings. The van der Waals surface area contributed by atoms with Crippen LogP contribution in [0.5, 0.6) is 0 Å². The van der Waals surface area contributed by atoms with Crippen LogP contribution in [0, 0.1) is 0 Å². The third-order valence-corrected chi connectivity index (χ3v) is 5.81. The average Bonchev–Trinajstić information content (AvgIpc) is 3.00. The van der Waals surface area contributed by atoms with Crippen molar-refractivity contribution >= 4 is 26.8 Å². The molecule has 0 aliphatic carbocycles. The van der Waals surface area contributed by atoms with E-state index in [0.717, 1.165) is 19.3 Å². The van der Waals surface area contributed by atoms with Crippen LogP contribution in [-0.4, -0.2) is 73.4 Å². The highest BCUT2D eigenvalue weighted by molar-refractivity contribution is 7.90. The second-order valence-electron chi connectivity index (χ2n) is 7.43. The van der Waals surface area contributed by atoms with Crippen LogP contribution in [0.15, 0.2) is 29.4 Å². The Kier molecular flexibility index (Phi) is 5.55. The molecule has 148 valence electrons. The van der Waals surface area contributed by atoms with Gasteiger partial charge in [0, 0.05) is 31.4 Å². The zero-order chi connectivity index (χ0) is 19.7. The monoisotopic (exact) mass is 394 g/mol. The van der Waals surface area contributed by atoms with Crippen LogP contribution in [0.2, 0.25) is 0 Å². The molecule has 1 aromatic carbocycles. The summed E-state index contributed by atoms with van der Waals surface area (Å²) in [6, 6.07) is 7.09. The number of hydrogen-bond acceptors (Lipinski definition) is 6. The van der Waals surface area contributed by atoms with Crippen molar-refractivity contribution in [1.29, 1.82) is 0 Å². The maximum absolute atomic E-state index is 12.6. The van der Waals surface area contributed by atoms with Gasteiger partial charge in [0.15, 0.2) is 0 Å². The van der Waals surface area contributed by atoms with E-state index in [1.807, 2.05) is 0 Å². The number of aromatic nitrogens is 2. The number of nitrogens with zero attached hydrogens (tertiary/aromatic N) is 3. The summed E-state index contributed by atoms with van der Waals surface area (Å²) in [5.41, 5.74) is 0.968. The van der Waals surface area contributed by atoms with E-state index in [1.165, 1.54) is 4.57 Å². The molecule has 27 heavy (non-hydrogen) atoms. The molecule has 3 rings (SSSR count). The van der Waals surface area contributed by atoms with E-state index in [9.17, 15) is 13.2 Å². The fourth-order valence-corrected chi connectivity index (χ4v) is 4.11. The highest BCUT2D eigenvalue weighted by Gasteiger charge is 2.29. The molecule has 1 aliphatic heterocycles. The lowest BCUT2D eigenvalue weighted by molar-refractivity contribution is -0.122. The molecule has 0 atom stereocenters. The second-order valence-corrected chi connectivity index (χ2v) is 9.34. The predicted octanol–water partition coefficient (Wildman–Crippen LogP) is 0.667. The van der Waals surface area contributed by atoms with E-state index < -0.39 is 9.84 Å². The number of amides is 1. The number of carbonyl (C=O) groups is 1. The Bertz CT molecular complexity index is 930. The summed E-state index contributed by atoms with van der Waals surface area (Å²) in [6.45, 7) is 7.56. The predicted molar refractivity (Wildman–Crippen MR) is 102 cm³/mol. The number of ether oxygens (including phenoxy) is 1. The molecule has 1 aromatic heterocycles. The molecule has 0 spiro atoms. The molecule has 2 aromatic rings. The van der Waals surface area contributed by atoms with Crippen LogP contribution in [0.1, 0.15) is 13.8 Å². The normalized spacial score (nSPS) is 16.6. The Morgan fingerprint density at radius 1 is 1.26 bits per heavy atom. The van der Waals surface area contributed by atoms with E-state index in [-0.39, 0.29) is 23.1 Å². The van der Waals surface area contributed by atoms with Crippen molar-refractivity contribution in [1.82, 2.24) is 19.8 Å². The molecule has 1 aliphatic rings. The largest absolute Gasteiger partial charge is 0.379 e. The average molecular weight is 394 g/mol. The standard InChI is InChI=1S/C18H26N4O4S/c1-18(2,21-8-10-26-11-9-21)13-19-16(23)12-22-15-7-5-4-6-14(15)20-17(22)27(3,24)25/h4-7H,8-13H2,1-3H3,(H,19,23). The highest BCUT2D eigenvalue weighted by Crippen LogP contribution is 2.20. The lowest BCUT2D eigenvalue weighted by Crippen LogP contribution is -2.55. The molecule has 9 heteroatoms. The maximum Gasteiger partial charge on any atom is 0.240 e. The van der Waals surface area contributed by atoms with Crippen LogP contribution < -0.4 is 5.32 Å². The molecule has 1 saturated heterocycles. The molecule has 0 bridgehead atoms. The molecule has 0 saturated carbocycles. The van der Waals surface area contributed by atoms with Crippen LogP contribution >= 0.6 is 0 Å². The van der Waals surface area contributed by atoms with Crippen molar-refractivity contribution in [2.45, 2.75) is 31.1 Å². The second kappa shape index (κ2) is 7.57. The molecule has 8 nitrogen and oxygen atoms in total. The number of imidazole rings is 1. The maximum atomic E-state index is 12.6. The van der Waals surface area contributed by atoms with Gasteiger partial charge in [-0.05, 0) is 26.0 Å². The van der Waals surface area contributed by atoms with Gasteiger partial charge in [-0.3, -0.25) is 9.69 Å².